The van der Waals surface area contributed by atoms with Gasteiger partial charge in [0, 0.05) is 0 Å². The Morgan fingerprint density at radius 3 is 2.45 bits per heavy atom. The molecule has 0 bridgehead atoms. The lowest BCUT2D eigenvalue weighted by molar-refractivity contribution is -0.0385. The van der Waals surface area contributed by atoms with Crippen LogP contribution in [-0.4, -0.2) is 34.9 Å². The summed E-state index contributed by atoms with van der Waals surface area (Å²) < 4.78 is 14.7. The van der Waals surface area contributed by atoms with Crippen molar-refractivity contribution in [2.24, 2.45) is 0 Å². The molecule has 8 heteroatoms. The van der Waals surface area contributed by atoms with Gasteiger partial charge >= 0.3 is 0 Å². The first-order valence-electron chi connectivity index (χ1n) is 6.76. The quantitative estimate of drug-likeness (QED) is 0.765. The Morgan fingerprint density at radius 2 is 1.86 bits per heavy atom. The Kier molecular flexibility index (Phi) is 3.68. The maximum Gasteiger partial charge on any atom is 0.137 e. The van der Waals surface area contributed by atoms with E-state index in [1.807, 2.05) is 0 Å². The van der Waals surface area contributed by atoms with E-state index in [1.54, 1.807) is 19.1 Å². The van der Waals surface area contributed by atoms with E-state index < -0.39 is 11.6 Å². The molecule has 0 radical (unpaired) electrons. The van der Waals surface area contributed by atoms with E-state index in [4.69, 9.17) is 0 Å². The number of hydrogen-bond acceptors (Lipinski definition) is 5. The Morgan fingerprint density at radius 1 is 1.18 bits per heavy atom. The van der Waals surface area contributed by atoms with E-state index >= 15 is 0 Å². The summed E-state index contributed by atoms with van der Waals surface area (Å²) in [6, 6.07) is 5.23. The van der Waals surface area contributed by atoms with Gasteiger partial charge in [-0.05, 0) is 24.6 Å². The molecule has 3 rings (SSSR count). The summed E-state index contributed by atoms with van der Waals surface area (Å²) in [5, 5.41) is 23.5. The van der Waals surface area contributed by atoms with Crippen LogP contribution in [0.2, 0.25) is 0 Å². The van der Waals surface area contributed by atoms with Crippen LogP contribution in [0.3, 0.4) is 0 Å². The third-order valence-electron chi connectivity index (χ3n) is 3.69. The Bertz CT molecular complexity index is 712. The maximum absolute atomic E-state index is 13.2. The van der Waals surface area contributed by atoms with Crippen molar-refractivity contribution in [2.45, 2.75) is 25.1 Å². The van der Waals surface area contributed by atoms with E-state index in [0.717, 1.165) is 0 Å². The first-order chi connectivity index (χ1) is 10.6. The number of aliphatic hydroxyl groups is 1. The molecular weight excluding hydrogens is 287 g/mol. The Hall–Kier alpha value is -2.61. The second kappa shape index (κ2) is 5.64. The average molecular weight is 302 g/mol. The van der Waals surface area contributed by atoms with E-state index in [-0.39, 0.29) is 12.4 Å². The monoisotopic (exact) mass is 302 g/mol. The van der Waals surface area contributed by atoms with Crippen LogP contribution in [0.4, 0.5) is 4.39 Å². The van der Waals surface area contributed by atoms with E-state index in [2.05, 4.69) is 20.3 Å². The molecule has 0 saturated heterocycles. The summed E-state index contributed by atoms with van der Waals surface area (Å²) in [5.41, 5.74) is -0.824. The molecule has 0 spiro atoms. The van der Waals surface area contributed by atoms with Gasteiger partial charge in [0.1, 0.15) is 30.1 Å². The van der Waals surface area contributed by atoms with Crippen LogP contribution in [0.15, 0.2) is 49.3 Å². The molecule has 22 heavy (non-hydrogen) atoms. The molecule has 0 aliphatic rings. The average Bonchev–Trinajstić information content (AvgIpc) is 3.20. The van der Waals surface area contributed by atoms with Crippen LogP contribution in [0.5, 0.6) is 0 Å². The summed E-state index contributed by atoms with van der Waals surface area (Å²) >= 11 is 0. The summed E-state index contributed by atoms with van der Waals surface area (Å²) in [5.74, 6) is -0.364. The zero-order valence-corrected chi connectivity index (χ0v) is 11.9. The third kappa shape index (κ3) is 2.60. The molecule has 1 N–H and O–H groups in total. The van der Waals surface area contributed by atoms with E-state index in [1.165, 1.54) is 46.7 Å². The smallest absolute Gasteiger partial charge is 0.137 e. The number of nitrogens with zero attached hydrogens (tertiary/aromatic N) is 6. The maximum atomic E-state index is 13.2. The van der Waals surface area contributed by atoms with Gasteiger partial charge in [0.2, 0.25) is 0 Å². The molecule has 7 nitrogen and oxygen atoms in total. The molecule has 0 unspecified atom stereocenters. The third-order valence-corrected chi connectivity index (χ3v) is 3.69. The zero-order valence-electron chi connectivity index (χ0n) is 11.9. The minimum atomic E-state index is -1.37. The highest BCUT2D eigenvalue weighted by molar-refractivity contribution is 5.24. The van der Waals surface area contributed by atoms with Gasteiger partial charge in [-0.2, -0.15) is 20.1 Å². The van der Waals surface area contributed by atoms with Crippen molar-refractivity contribution in [1.29, 1.82) is 0 Å². The lowest BCUT2D eigenvalue weighted by Gasteiger charge is -2.33. The molecule has 2 heterocycles. The fraction of sp³-hybridized carbons (Fsp3) is 0.286. The molecule has 2 atom stereocenters. The van der Waals surface area contributed by atoms with E-state index in [9.17, 15) is 9.50 Å². The van der Waals surface area contributed by atoms with Gasteiger partial charge in [0.05, 0.1) is 18.9 Å². The molecule has 0 saturated carbocycles. The molecule has 0 aliphatic carbocycles. The van der Waals surface area contributed by atoms with Gasteiger partial charge in [-0.15, -0.1) is 0 Å². The second-order valence-electron chi connectivity index (χ2n) is 5.05. The van der Waals surface area contributed by atoms with Crippen molar-refractivity contribution in [1.82, 2.24) is 29.8 Å². The molecule has 0 fully saturated rings. The number of hydrogen-bond donors (Lipinski definition) is 1. The Balaban J connectivity index is 2.02. The van der Waals surface area contributed by atoms with Crippen molar-refractivity contribution < 1.29 is 9.50 Å². The number of rotatable bonds is 5. The summed E-state index contributed by atoms with van der Waals surface area (Å²) in [6.07, 6.45) is 5.98. The van der Waals surface area contributed by atoms with Gasteiger partial charge in [-0.1, -0.05) is 12.1 Å². The van der Waals surface area contributed by atoms with Crippen molar-refractivity contribution in [3.8, 4) is 0 Å². The second-order valence-corrected chi connectivity index (χ2v) is 5.05. The lowest BCUT2D eigenvalue weighted by atomic mass is 9.87. The van der Waals surface area contributed by atoms with Crippen LogP contribution in [0, 0.1) is 5.82 Å². The van der Waals surface area contributed by atoms with Crippen molar-refractivity contribution in [3.63, 3.8) is 0 Å². The van der Waals surface area contributed by atoms with Crippen molar-refractivity contribution >= 4 is 0 Å². The fourth-order valence-electron chi connectivity index (χ4n) is 2.38. The largest absolute Gasteiger partial charge is 0.381 e. The number of aromatic nitrogens is 6. The predicted octanol–water partition coefficient (Wildman–Crippen LogP) is 1.16. The van der Waals surface area contributed by atoms with Crippen LogP contribution in [0.25, 0.3) is 0 Å². The molecule has 114 valence electrons. The van der Waals surface area contributed by atoms with Crippen LogP contribution < -0.4 is 0 Å². The predicted molar refractivity (Wildman–Crippen MR) is 75.1 cm³/mol. The zero-order chi connectivity index (χ0) is 15.6. The highest BCUT2D eigenvalue weighted by atomic mass is 19.1. The van der Waals surface area contributed by atoms with Gasteiger partial charge < -0.3 is 5.11 Å². The van der Waals surface area contributed by atoms with Gasteiger partial charge in [0.15, 0.2) is 0 Å². The van der Waals surface area contributed by atoms with Crippen LogP contribution in [0.1, 0.15) is 18.5 Å². The highest BCUT2D eigenvalue weighted by Gasteiger charge is 2.39. The Labute approximate surface area is 126 Å². The first kappa shape index (κ1) is 14.3. The van der Waals surface area contributed by atoms with Crippen LogP contribution in [-0.2, 0) is 12.1 Å². The SMILES string of the molecule is C[C@H](n1nccn1)[C@](O)(Cn1cncn1)c1ccc(F)cc1. The molecular formula is C14H15FN6O. The molecule has 3 aromatic rings. The highest BCUT2D eigenvalue weighted by Crippen LogP contribution is 2.34. The van der Waals surface area contributed by atoms with Crippen molar-refractivity contribution in [3.05, 3.63) is 60.7 Å². The topological polar surface area (TPSA) is 81.6 Å². The molecule has 0 amide bonds. The minimum absolute atomic E-state index is 0.140. The molecule has 2 aromatic heterocycles. The fourth-order valence-corrected chi connectivity index (χ4v) is 2.38. The van der Waals surface area contributed by atoms with Gasteiger partial charge in [-0.25, -0.2) is 14.1 Å². The van der Waals surface area contributed by atoms with Crippen molar-refractivity contribution in [2.75, 3.05) is 0 Å². The normalized spacial score (nSPS) is 15.4. The number of halogens is 1. The van der Waals surface area contributed by atoms with Gasteiger partial charge in [-0.3, -0.25) is 0 Å². The molecule has 1 aromatic carbocycles. The first-order valence-corrected chi connectivity index (χ1v) is 6.76. The summed E-state index contributed by atoms with van der Waals surface area (Å²) in [6.45, 7) is 1.93. The summed E-state index contributed by atoms with van der Waals surface area (Å²) in [7, 11) is 0. The van der Waals surface area contributed by atoms with E-state index in [0.29, 0.717) is 5.56 Å². The molecule has 0 aliphatic heterocycles. The lowest BCUT2D eigenvalue weighted by Crippen LogP contribution is -2.40. The van der Waals surface area contributed by atoms with Gasteiger partial charge in [0.25, 0.3) is 0 Å². The summed E-state index contributed by atoms with van der Waals surface area (Å²) in [4.78, 5) is 5.30. The number of benzene rings is 1. The standard InChI is InChI=1S/C14H15FN6O/c1-11(21-17-6-7-18-21)14(22,8-20-10-16-9-19-20)12-2-4-13(15)5-3-12/h2-7,9-11,22H,8H2,1H3/t11-,14+/m0/s1. The van der Waals surface area contributed by atoms with Crippen LogP contribution >= 0.6 is 0 Å². The minimum Gasteiger partial charge on any atom is -0.381 e.